The maximum atomic E-state index is 11.9. The molecule has 0 spiro atoms. The molecule has 1 aromatic carbocycles. The Morgan fingerprint density at radius 2 is 2.00 bits per heavy atom. The zero-order valence-corrected chi connectivity index (χ0v) is 11.5. The molecule has 0 saturated heterocycles. The largest absolute Gasteiger partial charge is 0.478 e. The maximum absolute atomic E-state index is 11.9. The van der Waals surface area contributed by atoms with Gasteiger partial charge in [-0.1, -0.05) is 11.6 Å². The van der Waals surface area contributed by atoms with Gasteiger partial charge in [0.15, 0.2) is 0 Å². The molecule has 1 aromatic rings. The molecule has 3 N–H and O–H groups in total. The molecule has 0 radical (unpaired) electrons. The van der Waals surface area contributed by atoms with Crippen molar-refractivity contribution in [2.45, 2.75) is 17.7 Å². The monoisotopic (exact) mass is 307 g/mol. The van der Waals surface area contributed by atoms with Crippen molar-refractivity contribution in [2.24, 2.45) is 0 Å². The fourth-order valence-corrected chi connectivity index (χ4v) is 2.66. The number of carboxylic acids is 1. The summed E-state index contributed by atoms with van der Waals surface area (Å²) in [6.45, 7) is 0.166. The summed E-state index contributed by atoms with van der Waals surface area (Å²) in [5.41, 5.74) is -0.264. The van der Waals surface area contributed by atoms with Crippen LogP contribution in [0.15, 0.2) is 23.1 Å². The number of rotatable bonds is 7. The Labute approximate surface area is 116 Å². The molecule has 0 heterocycles. The van der Waals surface area contributed by atoms with Gasteiger partial charge in [0.05, 0.1) is 15.5 Å². The van der Waals surface area contributed by atoms with Crippen LogP contribution in [0.25, 0.3) is 0 Å². The van der Waals surface area contributed by atoms with Crippen molar-refractivity contribution in [3.05, 3.63) is 28.8 Å². The predicted molar refractivity (Wildman–Crippen MR) is 69.9 cm³/mol. The number of carboxylic acid groups (broad SMARTS) is 1. The van der Waals surface area contributed by atoms with E-state index in [4.69, 9.17) is 21.8 Å². The normalized spacial score (nSPS) is 11.5. The first-order valence-electron chi connectivity index (χ1n) is 5.52. The van der Waals surface area contributed by atoms with Gasteiger partial charge in [0.25, 0.3) is 0 Å². The molecule has 1 rings (SSSR count). The maximum Gasteiger partial charge on any atom is 0.337 e. The van der Waals surface area contributed by atoms with Gasteiger partial charge in [-0.05, 0) is 31.0 Å². The Morgan fingerprint density at radius 1 is 1.32 bits per heavy atom. The zero-order chi connectivity index (χ0) is 14.5. The van der Waals surface area contributed by atoms with Crippen LogP contribution in [0.1, 0.15) is 23.2 Å². The molecule has 0 aromatic heterocycles. The fraction of sp³-hybridized carbons (Fsp3) is 0.364. The van der Waals surface area contributed by atoms with Gasteiger partial charge in [0.2, 0.25) is 10.0 Å². The molecule has 0 unspecified atom stereocenters. The number of aliphatic hydroxyl groups is 1. The Bertz CT molecular complexity index is 558. The van der Waals surface area contributed by atoms with Crippen molar-refractivity contribution in [1.82, 2.24) is 4.72 Å². The van der Waals surface area contributed by atoms with Crippen molar-refractivity contribution >= 4 is 27.6 Å². The number of unbranched alkanes of at least 4 members (excludes halogenated alkanes) is 1. The molecule has 0 aliphatic rings. The summed E-state index contributed by atoms with van der Waals surface area (Å²) in [6, 6.07) is 3.48. The standard InChI is InChI=1S/C11H14ClNO5S/c12-10-4-3-8(7-9(10)11(15)16)19(17,18)13-5-1-2-6-14/h3-4,7,13-14H,1-2,5-6H2,(H,15,16). The molecule has 8 heteroatoms. The second-order valence-electron chi connectivity index (χ2n) is 3.78. The summed E-state index contributed by atoms with van der Waals surface area (Å²) >= 11 is 5.66. The smallest absolute Gasteiger partial charge is 0.337 e. The van der Waals surface area contributed by atoms with Gasteiger partial charge >= 0.3 is 5.97 Å². The van der Waals surface area contributed by atoms with E-state index in [9.17, 15) is 13.2 Å². The lowest BCUT2D eigenvalue weighted by Crippen LogP contribution is -2.25. The third-order valence-electron chi connectivity index (χ3n) is 2.36. The number of benzene rings is 1. The second kappa shape index (κ2) is 6.85. The fourth-order valence-electron chi connectivity index (χ4n) is 1.36. The Kier molecular flexibility index (Phi) is 5.74. The number of halogens is 1. The van der Waals surface area contributed by atoms with Crippen LogP contribution in [-0.4, -0.2) is 37.8 Å². The Balaban J connectivity index is 2.89. The highest BCUT2D eigenvalue weighted by atomic mass is 35.5. The van der Waals surface area contributed by atoms with Crippen molar-refractivity contribution in [1.29, 1.82) is 0 Å². The first kappa shape index (κ1) is 15.9. The van der Waals surface area contributed by atoms with Crippen molar-refractivity contribution < 1.29 is 23.4 Å². The number of aliphatic hydroxyl groups excluding tert-OH is 1. The summed E-state index contributed by atoms with van der Waals surface area (Å²) < 4.78 is 26.1. The molecule has 0 fully saturated rings. The highest BCUT2D eigenvalue weighted by Crippen LogP contribution is 2.20. The van der Waals surface area contributed by atoms with E-state index in [0.717, 1.165) is 6.07 Å². The van der Waals surface area contributed by atoms with E-state index in [0.29, 0.717) is 12.8 Å². The van der Waals surface area contributed by atoms with Gasteiger partial charge < -0.3 is 10.2 Å². The van der Waals surface area contributed by atoms with Gasteiger partial charge in [0.1, 0.15) is 0 Å². The SMILES string of the molecule is O=C(O)c1cc(S(=O)(=O)NCCCCO)ccc1Cl. The van der Waals surface area contributed by atoms with Crippen LogP contribution in [0.2, 0.25) is 5.02 Å². The summed E-state index contributed by atoms with van der Waals surface area (Å²) in [6.07, 6.45) is 0.985. The summed E-state index contributed by atoms with van der Waals surface area (Å²) in [4.78, 5) is 10.7. The molecule has 0 aliphatic carbocycles. The third-order valence-corrected chi connectivity index (χ3v) is 4.14. The Hall–Kier alpha value is -1.15. The van der Waals surface area contributed by atoms with E-state index < -0.39 is 16.0 Å². The Morgan fingerprint density at radius 3 is 2.58 bits per heavy atom. The van der Waals surface area contributed by atoms with Gasteiger partial charge in [0, 0.05) is 13.2 Å². The molecular formula is C11H14ClNO5S. The minimum atomic E-state index is -3.77. The van der Waals surface area contributed by atoms with Crippen molar-refractivity contribution in [2.75, 3.05) is 13.2 Å². The molecule has 0 saturated carbocycles. The average Bonchev–Trinajstić information content (AvgIpc) is 2.34. The summed E-state index contributed by atoms with van der Waals surface area (Å²) in [7, 11) is -3.77. The van der Waals surface area contributed by atoms with Crippen LogP contribution < -0.4 is 4.72 Å². The number of hydrogen-bond acceptors (Lipinski definition) is 4. The van der Waals surface area contributed by atoms with Crippen LogP contribution in [-0.2, 0) is 10.0 Å². The average molecular weight is 308 g/mol. The van der Waals surface area contributed by atoms with E-state index in [2.05, 4.69) is 4.72 Å². The van der Waals surface area contributed by atoms with Gasteiger partial charge in [-0.2, -0.15) is 0 Å². The van der Waals surface area contributed by atoms with Crippen LogP contribution in [0.3, 0.4) is 0 Å². The molecule has 6 nitrogen and oxygen atoms in total. The predicted octanol–water partition coefficient (Wildman–Crippen LogP) is 1.09. The molecule has 0 atom stereocenters. The van der Waals surface area contributed by atoms with Crippen LogP contribution in [0.4, 0.5) is 0 Å². The quantitative estimate of drug-likeness (QED) is 0.654. The zero-order valence-electron chi connectivity index (χ0n) is 9.97. The van der Waals surface area contributed by atoms with E-state index >= 15 is 0 Å². The third kappa shape index (κ3) is 4.46. The summed E-state index contributed by atoms with van der Waals surface area (Å²) in [5.74, 6) is -1.29. The lowest BCUT2D eigenvalue weighted by molar-refractivity contribution is 0.0697. The molecule has 0 aliphatic heterocycles. The number of carbonyl (C=O) groups is 1. The molecule has 106 valence electrons. The van der Waals surface area contributed by atoms with E-state index in [-0.39, 0.29) is 28.6 Å². The van der Waals surface area contributed by atoms with E-state index in [1.54, 1.807) is 0 Å². The number of nitrogens with one attached hydrogen (secondary N) is 1. The molecule has 0 bridgehead atoms. The van der Waals surface area contributed by atoms with Crippen LogP contribution >= 0.6 is 11.6 Å². The topological polar surface area (TPSA) is 104 Å². The first-order chi connectivity index (χ1) is 8.88. The first-order valence-corrected chi connectivity index (χ1v) is 7.38. The second-order valence-corrected chi connectivity index (χ2v) is 5.95. The highest BCUT2D eigenvalue weighted by Gasteiger charge is 2.17. The minimum Gasteiger partial charge on any atom is -0.478 e. The van der Waals surface area contributed by atoms with E-state index in [1.165, 1.54) is 12.1 Å². The van der Waals surface area contributed by atoms with Gasteiger partial charge in [-0.15, -0.1) is 0 Å². The highest BCUT2D eigenvalue weighted by molar-refractivity contribution is 7.89. The van der Waals surface area contributed by atoms with E-state index in [1.807, 2.05) is 0 Å². The molecule has 0 amide bonds. The minimum absolute atomic E-state index is 0.00810. The van der Waals surface area contributed by atoms with Crippen LogP contribution in [0.5, 0.6) is 0 Å². The lowest BCUT2D eigenvalue weighted by atomic mass is 10.2. The van der Waals surface area contributed by atoms with Crippen LogP contribution in [0, 0.1) is 0 Å². The number of hydrogen-bond donors (Lipinski definition) is 3. The number of sulfonamides is 1. The number of aromatic carboxylic acids is 1. The van der Waals surface area contributed by atoms with Crippen molar-refractivity contribution in [3.63, 3.8) is 0 Å². The van der Waals surface area contributed by atoms with Gasteiger partial charge in [-0.3, -0.25) is 0 Å². The summed E-state index contributed by atoms with van der Waals surface area (Å²) in [5, 5.41) is 17.4. The molecular weight excluding hydrogens is 294 g/mol. The van der Waals surface area contributed by atoms with Gasteiger partial charge in [-0.25, -0.2) is 17.9 Å². The van der Waals surface area contributed by atoms with Crippen molar-refractivity contribution in [3.8, 4) is 0 Å². The molecule has 19 heavy (non-hydrogen) atoms. The lowest BCUT2D eigenvalue weighted by Gasteiger charge is -2.07.